The Balaban J connectivity index is 2.08. The third-order valence-corrected chi connectivity index (χ3v) is 5.57. The first kappa shape index (κ1) is 16.4. The predicted octanol–water partition coefficient (Wildman–Crippen LogP) is 1.41. The van der Waals surface area contributed by atoms with Gasteiger partial charge in [0.15, 0.2) is 0 Å². The van der Waals surface area contributed by atoms with Crippen molar-refractivity contribution in [2.24, 2.45) is 11.7 Å². The minimum Gasteiger partial charge on any atom is -0.389 e. The normalized spacial score (nSPS) is 18.3. The van der Waals surface area contributed by atoms with E-state index in [4.69, 9.17) is 22.7 Å². The zero-order valence-corrected chi connectivity index (χ0v) is 13.5. The maximum atomic E-state index is 12.4. The summed E-state index contributed by atoms with van der Waals surface area (Å²) in [5, 5.41) is 0. The van der Waals surface area contributed by atoms with Crippen molar-refractivity contribution in [1.29, 1.82) is 0 Å². The summed E-state index contributed by atoms with van der Waals surface area (Å²) in [5.41, 5.74) is 6.16. The standard InChI is InChI=1S/C14H20N2O3S2/c1-10(11-6-8-19-9-7-11)16-21(17,18)13-4-2-12(3-5-13)14(15)20/h2-5,10-11,16H,6-9H2,1H3,(H2,15,20). The largest absolute Gasteiger partial charge is 0.389 e. The minimum absolute atomic E-state index is 0.117. The van der Waals surface area contributed by atoms with Crippen LogP contribution in [-0.4, -0.2) is 32.7 Å². The van der Waals surface area contributed by atoms with Crippen molar-refractivity contribution in [1.82, 2.24) is 4.72 Å². The van der Waals surface area contributed by atoms with Gasteiger partial charge in [0.1, 0.15) is 4.99 Å². The van der Waals surface area contributed by atoms with E-state index in [0.717, 1.165) is 12.8 Å². The molecule has 0 aliphatic carbocycles. The van der Waals surface area contributed by atoms with Crippen molar-refractivity contribution in [3.63, 3.8) is 0 Å². The van der Waals surface area contributed by atoms with Crippen LogP contribution in [0.1, 0.15) is 25.3 Å². The number of nitrogens with one attached hydrogen (secondary N) is 1. The Kier molecular flexibility index (Phi) is 5.32. The number of ether oxygens (including phenoxy) is 1. The molecule has 1 aromatic rings. The summed E-state index contributed by atoms with van der Waals surface area (Å²) in [6.07, 6.45) is 1.76. The Morgan fingerprint density at radius 3 is 2.43 bits per heavy atom. The van der Waals surface area contributed by atoms with Crippen LogP contribution in [0.25, 0.3) is 0 Å². The molecule has 1 saturated heterocycles. The maximum absolute atomic E-state index is 12.4. The Hall–Kier alpha value is -1.02. The van der Waals surface area contributed by atoms with Crippen LogP contribution in [0.3, 0.4) is 0 Å². The highest BCUT2D eigenvalue weighted by Crippen LogP contribution is 2.20. The smallest absolute Gasteiger partial charge is 0.240 e. The van der Waals surface area contributed by atoms with Gasteiger partial charge < -0.3 is 10.5 Å². The zero-order valence-electron chi connectivity index (χ0n) is 11.9. The molecule has 0 amide bonds. The van der Waals surface area contributed by atoms with E-state index in [-0.39, 0.29) is 15.9 Å². The lowest BCUT2D eigenvalue weighted by molar-refractivity contribution is 0.0585. The van der Waals surface area contributed by atoms with Crippen molar-refractivity contribution >= 4 is 27.2 Å². The topological polar surface area (TPSA) is 81.4 Å². The maximum Gasteiger partial charge on any atom is 0.240 e. The lowest BCUT2D eigenvalue weighted by Crippen LogP contribution is -2.40. The monoisotopic (exact) mass is 328 g/mol. The Labute approximate surface area is 130 Å². The van der Waals surface area contributed by atoms with Crippen LogP contribution in [0.15, 0.2) is 29.2 Å². The first-order valence-corrected chi connectivity index (χ1v) is 8.79. The first-order valence-electron chi connectivity index (χ1n) is 6.90. The van der Waals surface area contributed by atoms with Gasteiger partial charge in [0.2, 0.25) is 10.0 Å². The van der Waals surface area contributed by atoms with Crippen molar-refractivity contribution in [3.8, 4) is 0 Å². The van der Waals surface area contributed by atoms with E-state index >= 15 is 0 Å². The van der Waals surface area contributed by atoms with Gasteiger partial charge in [-0.3, -0.25) is 0 Å². The summed E-state index contributed by atoms with van der Waals surface area (Å²) in [5.74, 6) is 0.310. The minimum atomic E-state index is -3.53. The Bertz CT molecular complexity index is 593. The molecule has 0 aromatic heterocycles. The van der Waals surface area contributed by atoms with Crippen molar-refractivity contribution in [2.75, 3.05) is 13.2 Å². The molecule has 7 heteroatoms. The third-order valence-electron chi connectivity index (χ3n) is 3.76. The molecule has 1 aliphatic rings. The van der Waals surface area contributed by atoms with Crippen LogP contribution in [-0.2, 0) is 14.8 Å². The number of rotatable bonds is 5. The second kappa shape index (κ2) is 6.83. The van der Waals surface area contributed by atoms with E-state index in [1.165, 1.54) is 12.1 Å². The van der Waals surface area contributed by atoms with Gasteiger partial charge in [-0.05, 0) is 37.8 Å². The van der Waals surface area contributed by atoms with Crippen LogP contribution < -0.4 is 10.5 Å². The molecule has 1 atom stereocenters. The number of thiocarbonyl (C=S) groups is 1. The summed E-state index contributed by atoms with van der Waals surface area (Å²) in [6.45, 7) is 3.29. The molecule has 2 rings (SSSR count). The molecule has 1 heterocycles. The van der Waals surface area contributed by atoms with E-state index in [0.29, 0.717) is 24.7 Å². The Morgan fingerprint density at radius 2 is 1.90 bits per heavy atom. The number of hydrogen-bond donors (Lipinski definition) is 2. The first-order chi connectivity index (χ1) is 9.90. The van der Waals surface area contributed by atoms with E-state index in [2.05, 4.69) is 4.72 Å². The average molecular weight is 328 g/mol. The quantitative estimate of drug-likeness (QED) is 0.799. The third kappa shape index (κ3) is 4.23. The summed E-state index contributed by atoms with van der Waals surface area (Å²) in [4.78, 5) is 0.476. The van der Waals surface area contributed by atoms with Gasteiger partial charge in [0.25, 0.3) is 0 Å². The SMILES string of the molecule is CC(NS(=O)(=O)c1ccc(C(N)=S)cc1)C1CCOCC1. The number of sulfonamides is 1. The van der Waals surface area contributed by atoms with Gasteiger partial charge in [-0.1, -0.05) is 24.4 Å². The number of nitrogens with two attached hydrogens (primary N) is 1. The van der Waals surface area contributed by atoms with Gasteiger partial charge in [-0.25, -0.2) is 13.1 Å². The Morgan fingerprint density at radius 1 is 1.33 bits per heavy atom. The molecule has 116 valence electrons. The fourth-order valence-electron chi connectivity index (χ4n) is 2.42. The van der Waals surface area contributed by atoms with Crippen molar-refractivity contribution < 1.29 is 13.2 Å². The molecule has 1 fully saturated rings. The van der Waals surface area contributed by atoms with Crippen LogP contribution in [0, 0.1) is 5.92 Å². The second-order valence-electron chi connectivity index (χ2n) is 5.25. The molecular weight excluding hydrogens is 308 g/mol. The lowest BCUT2D eigenvalue weighted by Gasteiger charge is -2.28. The van der Waals surface area contributed by atoms with Crippen LogP contribution in [0.4, 0.5) is 0 Å². The number of hydrogen-bond acceptors (Lipinski definition) is 4. The summed E-state index contributed by atoms with van der Waals surface area (Å²) in [7, 11) is -3.53. The zero-order chi connectivity index (χ0) is 15.5. The lowest BCUT2D eigenvalue weighted by atomic mass is 9.94. The molecule has 5 nitrogen and oxygen atoms in total. The highest BCUT2D eigenvalue weighted by molar-refractivity contribution is 7.89. The van der Waals surface area contributed by atoms with Gasteiger partial charge in [0, 0.05) is 24.8 Å². The second-order valence-corrected chi connectivity index (χ2v) is 7.40. The molecule has 0 bridgehead atoms. The van der Waals surface area contributed by atoms with E-state index in [1.54, 1.807) is 12.1 Å². The molecule has 0 spiro atoms. The average Bonchev–Trinajstić information content (AvgIpc) is 2.48. The van der Waals surface area contributed by atoms with Crippen molar-refractivity contribution in [3.05, 3.63) is 29.8 Å². The molecule has 3 N–H and O–H groups in total. The molecule has 1 aliphatic heterocycles. The molecule has 0 radical (unpaired) electrons. The number of benzene rings is 1. The fraction of sp³-hybridized carbons (Fsp3) is 0.500. The van der Waals surface area contributed by atoms with Gasteiger partial charge in [0.05, 0.1) is 4.90 Å². The van der Waals surface area contributed by atoms with Crippen LogP contribution in [0.2, 0.25) is 0 Å². The fourth-order valence-corrected chi connectivity index (χ4v) is 3.87. The van der Waals surface area contributed by atoms with Crippen LogP contribution >= 0.6 is 12.2 Å². The molecule has 1 unspecified atom stereocenters. The van der Waals surface area contributed by atoms with Gasteiger partial charge in [-0.15, -0.1) is 0 Å². The molecule has 21 heavy (non-hydrogen) atoms. The molecule has 0 saturated carbocycles. The van der Waals surface area contributed by atoms with E-state index < -0.39 is 10.0 Å². The highest BCUT2D eigenvalue weighted by Gasteiger charge is 2.25. The van der Waals surface area contributed by atoms with Crippen molar-refractivity contribution in [2.45, 2.75) is 30.7 Å². The summed E-state index contributed by atoms with van der Waals surface area (Å²) in [6, 6.07) is 6.17. The predicted molar refractivity (Wildman–Crippen MR) is 85.7 cm³/mol. The molecular formula is C14H20N2O3S2. The van der Waals surface area contributed by atoms with Crippen LogP contribution in [0.5, 0.6) is 0 Å². The van der Waals surface area contributed by atoms with Gasteiger partial charge >= 0.3 is 0 Å². The van der Waals surface area contributed by atoms with E-state index in [9.17, 15) is 8.42 Å². The highest BCUT2D eigenvalue weighted by atomic mass is 32.2. The summed E-state index contributed by atoms with van der Waals surface area (Å²) < 4.78 is 32.8. The van der Waals surface area contributed by atoms with E-state index in [1.807, 2.05) is 6.92 Å². The van der Waals surface area contributed by atoms with Gasteiger partial charge in [-0.2, -0.15) is 0 Å². The summed E-state index contributed by atoms with van der Waals surface area (Å²) >= 11 is 4.85. The molecule has 1 aromatic carbocycles.